The Morgan fingerprint density at radius 3 is 2.60 bits per heavy atom. The molecule has 1 rings (SSSR count). The Hall–Kier alpha value is -0.580. The molecular formula is C6H10O4. The average Bonchev–Trinajstić information content (AvgIpc) is 1.95. The standard InChI is InChI=1S/C6H10O4/c7-3-5-6(9)4(8)1-2-10-5/h1-2,4-9H,3H2. The molecule has 0 fully saturated rings. The highest BCUT2D eigenvalue weighted by Crippen LogP contribution is 2.10. The molecule has 10 heavy (non-hydrogen) atoms. The minimum atomic E-state index is -1.02. The van der Waals surface area contributed by atoms with Crippen LogP contribution in [0.4, 0.5) is 0 Å². The van der Waals surface area contributed by atoms with Crippen molar-refractivity contribution in [3.05, 3.63) is 12.3 Å². The Labute approximate surface area is 58.4 Å². The molecule has 0 amide bonds. The van der Waals surface area contributed by atoms with Crippen molar-refractivity contribution in [3.63, 3.8) is 0 Å². The van der Waals surface area contributed by atoms with Crippen LogP contribution >= 0.6 is 0 Å². The fourth-order valence-corrected chi connectivity index (χ4v) is 0.792. The first-order valence-corrected chi connectivity index (χ1v) is 3.05. The molecule has 0 saturated heterocycles. The van der Waals surface area contributed by atoms with Gasteiger partial charge in [-0.25, -0.2) is 0 Å². The maximum atomic E-state index is 9.05. The second kappa shape index (κ2) is 3.01. The molecule has 4 nitrogen and oxygen atoms in total. The summed E-state index contributed by atoms with van der Waals surface area (Å²) in [6.07, 6.45) is -0.0318. The maximum Gasteiger partial charge on any atom is 0.149 e. The van der Waals surface area contributed by atoms with E-state index in [-0.39, 0.29) is 6.61 Å². The molecule has 0 aliphatic carbocycles. The van der Waals surface area contributed by atoms with Gasteiger partial charge in [0.25, 0.3) is 0 Å². The summed E-state index contributed by atoms with van der Waals surface area (Å²) in [4.78, 5) is 0. The monoisotopic (exact) mass is 146 g/mol. The van der Waals surface area contributed by atoms with E-state index in [4.69, 9.17) is 20.1 Å². The highest BCUT2D eigenvalue weighted by atomic mass is 16.5. The Morgan fingerprint density at radius 2 is 2.10 bits per heavy atom. The molecule has 0 aromatic heterocycles. The zero-order valence-electron chi connectivity index (χ0n) is 5.34. The van der Waals surface area contributed by atoms with E-state index in [0.29, 0.717) is 0 Å². The Bertz CT molecular complexity index is 134. The van der Waals surface area contributed by atoms with Crippen LogP contribution in [-0.2, 0) is 4.74 Å². The van der Waals surface area contributed by atoms with Crippen molar-refractivity contribution in [1.82, 2.24) is 0 Å². The number of aliphatic hydroxyl groups is 3. The van der Waals surface area contributed by atoms with E-state index in [1.54, 1.807) is 0 Å². The zero-order valence-corrected chi connectivity index (χ0v) is 5.34. The molecule has 0 radical (unpaired) electrons. The van der Waals surface area contributed by atoms with Gasteiger partial charge in [0.05, 0.1) is 12.9 Å². The van der Waals surface area contributed by atoms with E-state index in [1.165, 1.54) is 12.3 Å². The first kappa shape index (κ1) is 7.53. The van der Waals surface area contributed by atoms with E-state index in [9.17, 15) is 0 Å². The van der Waals surface area contributed by atoms with Gasteiger partial charge in [0.2, 0.25) is 0 Å². The third-order valence-electron chi connectivity index (χ3n) is 1.44. The number of hydrogen-bond donors (Lipinski definition) is 3. The number of hydrogen-bond acceptors (Lipinski definition) is 4. The largest absolute Gasteiger partial charge is 0.493 e. The van der Waals surface area contributed by atoms with E-state index in [0.717, 1.165) is 0 Å². The van der Waals surface area contributed by atoms with Crippen molar-refractivity contribution in [3.8, 4) is 0 Å². The van der Waals surface area contributed by atoms with Crippen LogP contribution in [0.1, 0.15) is 0 Å². The van der Waals surface area contributed by atoms with Gasteiger partial charge in [0, 0.05) is 0 Å². The summed E-state index contributed by atoms with van der Waals surface area (Å²) in [6.45, 7) is -0.289. The summed E-state index contributed by atoms with van der Waals surface area (Å²) in [6, 6.07) is 0. The molecular weight excluding hydrogens is 136 g/mol. The molecule has 3 atom stereocenters. The van der Waals surface area contributed by atoms with Crippen LogP contribution in [0.25, 0.3) is 0 Å². The molecule has 1 aliphatic heterocycles. The first-order chi connectivity index (χ1) is 4.75. The van der Waals surface area contributed by atoms with Gasteiger partial charge in [-0.05, 0) is 6.08 Å². The number of rotatable bonds is 1. The van der Waals surface area contributed by atoms with Crippen LogP contribution in [0.15, 0.2) is 12.3 Å². The summed E-state index contributed by atoms with van der Waals surface area (Å²) in [5, 5.41) is 26.6. The molecule has 0 saturated carbocycles. The SMILES string of the molecule is OCC1OC=CC(O)C1O. The second-order valence-electron chi connectivity index (χ2n) is 2.17. The third-order valence-corrected chi connectivity index (χ3v) is 1.44. The fourth-order valence-electron chi connectivity index (χ4n) is 0.792. The smallest absolute Gasteiger partial charge is 0.149 e. The van der Waals surface area contributed by atoms with E-state index >= 15 is 0 Å². The van der Waals surface area contributed by atoms with Gasteiger partial charge >= 0.3 is 0 Å². The van der Waals surface area contributed by atoms with Crippen LogP contribution in [0, 0.1) is 0 Å². The lowest BCUT2D eigenvalue weighted by Crippen LogP contribution is -2.42. The van der Waals surface area contributed by atoms with Gasteiger partial charge in [-0.15, -0.1) is 0 Å². The molecule has 1 heterocycles. The highest BCUT2D eigenvalue weighted by Gasteiger charge is 2.27. The molecule has 0 aromatic carbocycles. The molecule has 0 spiro atoms. The lowest BCUT2D eigenvalue weighted by molar-refractivity contribution is -0.0808. The number of aliphatic hydroxyl groups excluding tert-OH is 3. The normalized spacial score (nSPS) is 39.3. The van der Waals surface area contributed by atoms with Gasteiger partial charge in [0.1, 0.15) is 18.3 Å². The topological polar surface area (TPSA) is 69.9 Å². The predicted molar refractivity (Wildman–Crippen MR) is 33.1 cm³/mol. The van der Waals surface area contributed by atoms with Crippen molar-refractivity contribution < 1.29 is 20.1 Å². The summed E-state index contributed by atoms with van der Waals surface area (Å²) >= 11 is 0. The van der Waals surface area contributed by atoms with Gasteiger partial charge in [0.15, 0.2) is 0 Å². The molecule has 3 unspecified atom stereocenters. The maximum absolute atomic E-state index is 9.05. The minimum Gasteiger partial charge on any atom is -0.493 e. The zero-order chi connectivity index (χ0) is 7.56. The van der Waals surface area contributed by atoms with Crippen molar-refractivity contribution in [2.45, 2.75) is 18.3 Å². The van der Waals surface area contributed by atoms with Gasteiger partial charge in [-0.3, -0.25) is 0 Å². The molecule has 0 bridgehead atoms. The Morgan fingerprint density at radius 1 is 1.40 bits per heavy atom. The molecule has 3 N–H and O–H groups in total. The van der Waals surface area contributed by atoms with Crippen molar-refractivity contribution in [2.24, 2.45) is 0 Å². The van der Waals surface area contributed by atoms with Crippen LogP contribution < -0.4 is 0 Å². The van der Waals surface area contributed by atoms with Gasteiger partial charge < -0.3 is 20.1 Å². The van der Waals surface area contributed by atoms with Crippen molar-refractivity contribution >= 4 is 0 Å². The van der Waals surface area contributed by atoms with E-state index < -0.39 is 18.3 Å². The minimum absolute atomic E-state index is 0.289. The van der Waals surface area contributed by atoms with E-state index in [1.807, 2.05) is 0 Å². The van der Waals surface area contributed by atoms with Crippen LogP contribution in [0.5, 0.6) is 0 Å². The third kappa shape index (κ3) is 1.29. The molecule has 0 aromatic rings. The van der Waals surface area contributed by atoms with E-state index in [2.05, 4.69) is 0 Å². The lowest BCUT2D eigenvalue weighted by atomic mass is 10.1. The van der Waals surface area contributed by atoms with Gasteiger partial charge in [-0.1, -0.05) is 0 Å². The Balaban J connectivity index is 2.56. The van der Waals surface area contributed by atoms with Gasteiger partial charge in [-0.2, -0.15) is 0 Å². The quantitative estimate of drug-likeness (QED) is 0.426. The number of ether oxygens (including phenoxy) is 1. The first-order valence-electron chi connectivity index (χ1n) is 3.05. The molecule has 1 aliphatic rings. The fraction of sp³-hybridized carbons (Fsp3) is 0.667. The predicted octanol–water partition coefficient (Wildman–Crippen LogP) is -1.39. The second-order valence-corrected chi connectivity index (χ2v) is 2.17. The molecule has 4 heteroatoms. The van der Waals surface area contributed by atoms with Crippen LogP contribution in [0.2, 0.25) is 0 Å². The summed E-state index contributed by atoms with van der Waals surface area (Å²) in [7, 11) is 0. The van der Waals surface area contributed by atoms with Crippen LogP contribution in [0.3, 0.4) is 0 Å². The van der Waals surface area contributed by atoms with Crippen molar-refractivity contribution in [1.29, 1.82) is 0 Å². The average molecular weight is 146 g/mol. The summed E-state index contributed by atoms with van der Waals surface area (Å²) in [5.74, 6) is 0. The Kier molecular flexibility index (Phi) is 2.26. The molecule has 58 valence electrons. The highest BCUT2D eigenvalue weighted by molar-refractivity contribution is 4.96. The lowest BCUT2D eigenvalue weighted by Gasteiger charge is -2.26. The van der Waals surface area contributed by atoms with Crippen molar-refractivity contribution in [2.75, 3.05) is 6.61 Å². The summed E-state index contributed by atoms with van der Waals surface area (Å²) < 4.78 is 4.77. The van der Waals surface area contributed by atoms with Crippen LogP contribution in [-0.4, -0.2) is 40.2 Å². The summed E-state index contributed by atoms with van der Waals surface area (Å²) in [5.41, 5.74) is 0.